The molecule has 1 heterocycles. The Morgan fingerprint density at radius 3 is 2.43 bits per heavy atom. The van der Waals surface area contributed by atoms with Crippen molar-refractivity contribution in [3.8, 4) is 0 Å². The number of carbonyl (C=O) groups is 1. The minimum atomic E-state index is -3.82. The molecule has 5 nitrogen and oxygen atoms in total. The van der Waals surface area contributed by atoms with Gasteiger partial charge in [0, 0.05) is 12.0 Å². The Labute approximate surface area is 179 Å². The summed E-state index contributed by atoms with van der Waals surface area (Å²) in [5.41, 5.74) is 2.02. The second-order valence-corrected chi connectivity index (χ2v) is 9.72. The molecule has 2 aromatic carbocycles. The summed E-state index contributed by atoms with van der Waals surface area (Å²) >= 11 is 0. The van der Waals surface area contributed by atoms with Crippen LogP contribution in [0.1, 0.15) is 30.9 Å². The highest BCUT2D eigenvalue weighted by Crippen LogP contribution is 2.37. The molecule has 3 atom stereocenters. The number of aryl methyl sites for hydroxylation is 1. The molecular formula is C24H29NO4S. The Balaban J connectivity index is 1.85. The molecule has 0 aliphatic carbocycles. The first-order chi connectivity index (χ1) is 14.3. The predicted molar refractivity (Wildman–Crippen MR) is 117 cm³/mol. The summed E-state index contributed by atoms with van der Waals surface area (Å²) in [7, 11) is -3.82. The monoisotopic (exact) mass is 427 g/mol. The lowest BCUT2D eigenvalue weighted by Crippen LogP contribution is -2.46. The second kappa shape index (κ2) is 9.69. The van der Waals surface area contributed by atoms with Crippen LogP contribution in [0.5, 0.6) is 0 Å². The summed E-state index contributed by atoms with van der Waals surface area (Å²) in [5, 5.41) is 0. The van der Waals surface area contributed by atoms with Crippen molar-refractivity contribution >= 4 is 15.8 Å². The summed E-state index contributed by atoms with van der Waals surface area (Å²) in [5.74, 6) is -0.359. The molecule has 160 valence electrons. The summed E-state index contributed by atoms with van der Waals surface area (Å²) in [6, 6.07) is 15.5. The van der Waals surface area contributed by atoms with E-state index >= 15 is 0 Å². The van der Waals surface area contributed by atoms with Crippen LogP contribution >= 0.6 is 0 Å². The van der Waals surface area contributed by atoms with E-state index in [0.29, 0.717) is 26.1 Å². The molecule has 1 aliphatic heterocycles. The van der Waals surface area contributed by atoms with Crippen LogP contribution in [0.2, 0.25) is 0 Å². The first-order valence-electron chi connectivity index (χ1n) is 10.2. The van der Waals surface area contributed by atoms with E-state index in [1.54, 1.807) is 30.3 Å². The number of carbonyl (C=O) groups excluding carboxylic acids is 1. The van der Waals surface area contributed by atoms with Crippen molar-refractivity contribution in [2.24, 2.45) is 5.92 Å². The van der Waals surface area contributed by atoms with Gasteiger partial charge < -0.3 is 4.74 Å². The zero-order chi connectivity index (χ0) is 21.7. The molecule has 0 N–H and O–H groups in total. The van der Waals surface area contributed by atoms with E-state index in [1.807, 2.05) is 37.3 Å². The van der Waals surface area contributed by atoms with E-state index in [0.717, 1.165) is 11.1 Å². The van der Waals surface area contributed by atoms with Gasteiger partial charge in [0.25, 0.3) is 0 Å². The molecule has 6 heteroatoms. The third kappa shape index (κ3) is 4.89. The Kier molecular flexibility index (Phi) is 7.23. The summed E-state index contributed by atoms with van der Waals surface area (Å²) in [6.45, 7) is 7.91. The smallest absolute Gasteiger partial charge is 0.244 e. The minimum Gasteiger partial charge on any atom is -0.376 e. The largest absolute Gasteiger partial charge is 0.376 e. The van der Waals surface area contributed by atoms with E-state index in [-0.39, 0.29) is 22.6 Å². The maximum atomic E-state index is 13.5. The molecule has 3 rings (SSSR count). The molecule has 1 fully saturated rings. The quantitative estimate of drug-likeness (QED) is 0.565. The minimum absolute atomic E-state index is 0.162. The van der Waals surface area contributed by atoms with E-state index in [4.69, 9.17) is 4.74 Å². The number of hydrogen-bond acceptors (Lipinski definition) is 4. The van der Waals surface area contributed by atoms with Crippen LogP contribution in [0.4, 0.5) is 0 Å². The highest BCUT2D eigenvalue weighted by atomic mass is 32.2. The Morgan fingerprint density at radius 1 is 1.17 bits per heavy atom. The van der Waals surface area contributed by atoms with Crippen molar-refractivity contribution in [3.05, 3.63) is 78.4 Å². The Bertz CT molecular complexity index is 970. The van der Waals surface area contributed by atoms with Crippen molar-refractivity contribution in [1.82, 2.24) is 4.31 Å². The number of sulfonamides is 1. The number of rotatable bonds is 9. The van der Waals surface area contributed by atoms with Crippen LogP contribution < -0.4 is 0 Å². The molecule has 0 amide bonds. The van der Waals surface area contributed by atoms with Crippen LogP contribution in [0.25, 0.3) is 0 Å². The number of ketones is 1. The van der Waals surface area contributed by atoms with E-state index in [1.165, 1.54) is 11.2 Å². The van der Waals surface area contributed by atoms with Crippen molar-refractivity contribution in [3.63, 3.8) is 0 Å². The summed E-state index contributed by atoms with van der Waals surface area (Å²) < 4.78 is 34.3. The SMILES string of the molecule is C=CC[C@H]1C[C@H](COCc2ccccc2)[C@H](C(C)=O)N1S(=O)(=O)c1ccc(C)cc1. The molecule has 0 unspecified atom stereocenters. The van der Waals surface area contributed by atoms with Crippen LogP contribution in [0.3, 0.4) is 0 Å². The van der Waals surface area contributed by atoms with Crippen LogP contribution in [0, 0.1) is 12.8 Å². The zero-order valence-corrected chi connectivity index (χ0v) is 18.3. The van der Waals surface area contributed by atoms with Gasteiger partial charge in [-0.1, -0.05) is 54.1 Å². The average Bonchev–Trinajstić information content (AvgIpc) is 3.09. The topological polar surface area (TPSA) is 63.7 Å². The van der Waals surface area contributed by atoms with Crippen molar-refractivity contribution in [1.29, 1.82) is 0 Å². The van der Waals surface area contributed by atoms with Gasteiger partial charge in [0.1, 0.15) is 5.78 Å². The number of benzene rings is 2. The third-order valence-electron chi connectivity index (χ3n) is 5.55. The van der Waals surface area contributed by atoms with Gasteiger partial charge in [-0.05, 0) is 44.4 Å². The molecule has 0 spiro atoms. The molecule has 0 aromatic heterocycles. The molecule has 0 bridgehead atoms. The summed E-state index contributed by atoms with van der Waals surface area (Å²) in [4.78, 5) is 12.8. The molecule has 0 saturated carbocycles. The fraction of sp³-hybridized carbons (Fsp3) is 0.375. The average molecular weight is 428 g/mol. The highest BCUT2D eigenvalue weighted by molar-refractivity contribution is 7.89. The maximum Gasteiger partial charge on any atom is 0.244 e. The fourth-order valence-electron chi connectivity index (χ4n) is 4.16. The number of hydrogen-bond donors (Lipinski definition) is 0. The maximum absolute atomic E-state index is 13.5. The highest BCUT2D eigenvalue weighted by Gasteiger charge is 2.49. The first-order valence-corrected chi connectivity index (χ1v) is 11.6. The zero-order valence-electron chi connectivity index (χ0n) is 17.5. The van der Waals surface area contributed by atoms with E-state index in [9.17, 15) is 13.2 Å². The fourth-order valence-corrected chi connectivity index (χ4v) is 6.07. The lowest BCUT2D eigenvalue weighted by molar-refractivity contribution is -0.121. The molecule has 1 aliphatic rings. The van der Waals surface area contributed by atoms with E-state index < -0.39 is 16.1 Å². The van der Waals surface area contributed by atoms with Gasteiger partial charge in [-0.15, -0.1) is 6.58 Å². The van der Waals surface area contributed by atoms with Crippen molar-refractivity contribution in [2.75, 3.05) is 6.61 Å². The first kappa shape index (κ1) is 22.4. The van der Waals surface area contributed by atoms with Gasteiger partial charge in [-0.3, -0.25) is 4.79 Å². The lowest BCUT2D eigenvalue weighted by atomic mass is 9.97. The van der Waals surface area contributed by atoms with Gasteiger partial charge in [-0.25, -0.2) is 8.42 Å². The molecule has 2 aromatic rings. The number of Topliss-reactive ketones (excluding diaryl/α,β-unsaturated/α-hetero) is 1. The van der Waals surface area contributed by atoms with Crippen LogP contribution in [-0.4, -0.2) is 37.2 Å². The normalized spacial score (nSPS) is 22.1. The molecule has 30 heavy (non-hydrogen) atoms. The second-order valence-electron chi connectivity index (χ2n) is 7.88. The third-order valence-corrected chi connectivity index (χ3v) is 7.50. The predicted octanol–water partition coefficient (Wildman–Crippen LogP) is 4.12. The Hall–Kier alpha value is -2.28. The van der Waals surface area contributed by atoms with Gasteiger partial charge >= 0.3 is 0 Å². The van der Waals surface area contributed by atoms with Crippen molar-refractivity contribution in [2.45, 2.75) is 50.3 Å². The van der Waals surface area contributed by atoms with Crippen LogP contribution in [-0.2, 0) is 26.2 Å². The van der Waals surface area contributed by atoms with E-state index in [2.05, 4.69) is 6.58 Å². The van der Waals surface area contributed by atoms with Gasteiger partial charge in [0.2, 0.25) is 10.0 Å². The van der Waals surface area contributed by atoms with Gasteiger partial charge in [0.15, 0.2) is 0 Å². The standard InChI is InChI=1S/C24H29NO4S/c1-4-8-22-15-21(17-29-16-20-9-6-5-7-10-20)24(19(3)26)25(22)30(27,28)23-13-11-18(2)12-14-23/h4-7,9-14,21-22,24H,1,8,15-17H2,2-3H3/t21-,22+,24+/m1/s1. The van der Waals surface area contributed by atoms with Gasteiger partial charge in [-0.2, -0.15) is 4.31 Å². The Morgan fingerprint density at radius 2 is 1.83 bits per heavy atom. The number of ether oxygens (including phenoxy) is 1. The lowest BCUT2D eigenvalue weighted by Gasteiger charge is -2.29. The number of nitrogens with zero attached hydrogens (tertiary/aromatic N) is 1. The van der Waals surface area contributed by atoms with Crippen LogP contribution in [0.15, 0.2) is 72.1 Å². The molecule has 0 radical (unpaired) electrons. The molecule has 1 saturated heterocycles. The van der Waals surface area contributed by atoms with Crippen molar-refractivity contribution < 1.29 is 17.9 Å². The molecular weight excluding hydrogens is 398 g/mol. The summed E-state index contributed by atoms with van der Waals surface area (Å²) in [6.07, 6.45) is 2.77. The van der Waals surface area contributed by atoms with Gasteiger partial charge in [0.05, 0.1) is 24.2 Å².